The molecule has 1 aliphatic carbocycles. The zero-order valence-electron chi connectivity index (χ0n) is 23.1. The van der Waals surface area contributed by atoms with E-state index in [1.54, 1.807) is 34.0 Å². The van der Waals surface area contributed by atoms with Crippen LogP contribution in [0.4, 0.5) is 27.6 Å². The minimum absolute atomic E-state index is 0.0307. The van der Waals surface area contributed by atoms with Gasteiger partial charge in [0.05, 0.1) is 23.6 Å². The fourth-order valence-corrected chi connectivity index (χ4v) is 6.70. The van der Waals surface area contributed by atoms with Gasteiger partial charge in [0.1, 0.15) is 12.2 Å². The quantitative estimate of drug-likeness (QED) is 0.360. The molecule has 3 heterocycles. The van der Waals surface area contributed by atoms with Gasteiger partial charge in [0, 0.05) is 56.2 Å². The molecule has 12 heteroatoms. The molecule has 42 heavy (non-hydrogen) atoms. The Balaban J connectivity index is 1.33. The number of benzene rings is 2. The van der Waals surface area contributed by atoms with Crippen LogP contribution in [0.2, 0.25) is 0 Å². The summed E-state index contributed by atoms with van der Waals surface area (Å²) < 4.78 is 72.6. The van der Waals surface area contributed by atoms with Crippen molar-refractivity contribution in [3.8, 4) is 6.07 Å². The lowest BCUT2D eigenvalue weighted by Gasteiger charge is -2.44. The van der Waals surface area contributed by atoms with Gasteiger partial charge in [0.25, 0.3) is 11.8 Å². The predicted molar refractivity (Wildman–Crippen MR) is 143 cm³/mol. The molecule has 3 aliphatic rings. The third-order valence-electron chi connectivity index (χ3n) is 9.05. The predicted octanol–water partition coefficient (Wildman–Crippen LogP) is 5.69. The smallest absolute Gasteiger partial charge is 0.320 e. The first-order valence-corrected chi connectivity index (χ1v) is 13.8. The van der Waals surface area contributed by atoms with E-state index in [-0.39, 0.29) is 55.2 Å². The van der Waals surface area contributed by atoms with Gasteiger partial charge in [0.2, 0.25) is 0 Å². The van der Waals surface area contributed by atoms with E-state index in [1.165, 1.54) is 17.9 Å². The minimum atomic E-state index is -4.70. The van der Waals surface area contributed by atoms with E-state index in [0.717, 1.165) is 11.6 Å². The van der Waals surface area contributed by atoms with Crippen LogP contribution in [0, 0.1) is 23.2 Å². The molecule has 1 atom stereocenters. The Hall–Kier alpha value is -3.85. The molecular formula is C30H29F5N6O. The number of alkyl halides is 5. The second kappa shape index (κ2) is 9.87. The monoisotopic (exact) mass is 584 g/mol. The van der Waals surface area contributed by atoms with Crippen LogP contribution in [0.15, 0.2) is 42.7 Å². The van der Waals surface area contributed by atoms with Gasteiger partial charge in [-0.25, -0.2) is 8.78 Å². The van der Waals surface area contributed by atoms with E-state index in [4.69, 9.17) is 0 Å². The maximum Gasteiger partial charge on any atom is 0.416 e. The average Bonchev–Trinajstić information content (AvgIpc) is 3.49. The van der Waals surface area contributed by atoms with Gasteiger partial charge in [0.15, 0.2) is 0 Å². The zero-order chi connectivity index (χ0) is 30.0. The molecular weight excluding hydrogens is 555 g/mol. The molecule has 1 unspecified atom stereocenters. The van der Waals surface area contributed by atoms with Gasteiger partial charge in [-0.1, -0.05) is 19.1 Å². The van der Waals surface area contributed by atoms with Gasteiger partial charge in [-0.3, -0.25) is 9.69 Å². The van der Waals surface area contributed by atoms with Crippen LogP contribution in [0.1, 0.15) is 64.6 Å². The molecule has 0 N–H and O–H groups in total. The summed E-state index contributed by atoms with van der Waals surface area (Å²) >= 11 is 0. The number of hydrogen-bond donors (Lipinski definition) is 0. The average molecular weight is 585 g/mol. The molecule has 0 radical (unpaired) electrons. The van der Waals surface area contributed by atoms with E-state index >= 15 is 0 Å². The fraction of sp³-hybridized carbons (Fsp3) is 0.467. The number of halogens is 5. The normalized spacial score (nSPS) is 25.7. The fourth-order valence-electron chi connectivity index (χ4n) is 6.70. The molecule has 7 nitrogen and oxygen atoms in total. The van der Waals surface area contributed by atoms with Crippen LogP contribution in [0.3, 0.4) is 0 Å². The Bertz CT molecular complexity index is 1590. The summed E-state index contributed by atoms with van der Waals surface area (Å²) in [5.41, 5.74) is -0.113. The number of piperidine rings is 1. The number of aryl methyl sites for hydroxylation is 1. The van der Waals surface area contributed by atoms with Crippen molar-refractivity contribution >= 4 is 11.6 Å². The third-order valence-corrected chi connectivity index (χ3v) is 9.05. The number of nitriles is 1. The van der Waals surface area contributed by atoms with Gasteiger partial charge >= 0.3 is 6.18 Å². The summed E-state index contributed by atoms with van der Waals surface area (Å²) in [5.74, 6) is -3.78. The van der Waals surface area contributed by atoms with Crippen molar-refractivity contribution in [1.29, 1.82) is 5.26 Å². The highest BCUT2D eigenvalue weighted by molar-refractivity contribution is 6.10. The number of carbonyl (C=O) groups excluding carboxylic acids is 1. The molecule has 2 aromatic carbocycles. The first kappa shape index (κ1) is 28.3. The van der Waals surface area contributed by atoms with Crippen molar-refractivity contribution in [1.82, 2.24) is 19.7 Å². The summed E-state index contributed by atoms with van der Waals surface area (Å²) in [6.45, 7) is 1.34. The number of nitrogens with zero attached hydrogens (tertiary/aromatic N) is 6. The Morgan fingerprint density at radius 3 is 2.57 bits per heavy atom. The van der Waals surface area contributed by atoms with Crippen molar-refractivity contribution in [2.24, 2.45) is 18.9 Å². The second-order valence-corrected chi connectivity index (χ2v) is 11.8. The zero-order valence-corrected chi connectivity index (χ0v) is 23.1. The van der Waals surface area contributed by atoms with Crippen LogP contribution < -0.4 is 4.90 Å². The Morgan fingerprint density at radius 2 is 1.93 bits per heavy atom. The molecule has 0 spiro atoms. The molecule has 1 aromatic heterocycles. The summed E-state index contributed by atoms with van der Waals surface area (Å²) in [5, 5.41) is 17.8. The van der Waals surface area contributed by atoms with E-state index in [2.05, 4.69) is 16.3 Å². The number of anilines is 1. The van der Waals surface area contributed by atoms with Crippen LogP contribution in [-0.2, 0) is 31.7 Å². The highest BCUT2D eigenvalue weighted by Crippen LogP contribution is 2.52. The number of carbonyl (C=O) groups is 1. The lowest BCUT2D eigenvalue weighted by molar-refractivity contribution is -0.138. The van der Waals surface area contributed by atoms with Crippen LogP contribution >= 0.6 is 0 Å². The maximum absolute atomic E-state index is 14.3. The Labute approximate surface area is 239 Å². The van der Waals surface area contributed by atoms with Crippen LogP contribution in [0.25, 0.3) is 0 Å². The van der Waals surface area contributed by atoms with Gasteiger partial charge in [-0.05, 0) is 53.8 Å². The number of aromatic nitrogens is 3. The van der Waals surface area contributed by atoms with Gasteiger partial charge in [-0.2, -0.15) is 18.4 Å². The van der Waals surface area contributed by atoms with Crippen LogP contribution in [0.5, 0.6) is 0 Å². The molecule has 1 saturated carbocycles. The number of rotatable bonds is 5. The van der Waals surface area contributed by atoms with Gasteiger partial charge < -0.3 is 9.47 Å². The second-order valence-electron chi connectivity index (χ2n) is 11.8. The van der Waals surface area contributed by atoms with Crippen molar-refractivity contribution in [2.45, 2.75) is 56.8 Å². The van der Waals surface area contributed by atoms with E-state index in [0.29, 0.717) is 24.4 Å². The number of fused-ring (bicyclic) bond motifs is 1. The van der Waals surface area contributed by atoms with Gasteiger partial charge in [-0.15, -0.1) is 10.2 Å². The molecule has 1 saturated heterocycles. The molecule has 2 aliphatic heterocycles. The van der Waals surface area contributed by atoms with E-state index in [9.17, 15) is 32.0 Å². The topological polar surface area (TPSA) is 78.1 Å². The minimum Gasteiger partial charge on any atom is -0.320 e. The molecule has 3 aromatic rings. The third kappa shape index (κ3) is 4.64. The SMILES string of the molecule is CC1CN(Cc2cc3c(c(C(F)(F)F)c2)CN(c2cccc(C4(c5nncn5C)CC(C#N)C4)c2)C3=O)CCC1(F)F. The lowest BCUT2D eigenvalue weighted by atomic mass is 9.58. The van der Waals surface area contributed by atoms with E-state index in [1.807, 2.05) is 13.1 Å². The van der Waals surface area contributed by atoms with E-state index < -0.39 is 34.9 Å². The highest BCUT2D eigenvalue weighted by atomic mass is 19.4. The first-order valence-electron chi connectivity index (χ1n) is 13.8. The maximum atomic E-state index is 14.3. The van der Waals surface area contributed by atoms with Crippen molar-refractivity contribution in [3.05, 3.63) is 76.4 Å². The molecule has 0 bridgehead atoms. The lowest BCUT2D eigenvalue weighted by Crippen LogP contribution is -2.45. The largest absolute Gasteiger partial charge is 0.416 e. The van der Waals surface area contributed by atoms with Crippen molar-refractivity contribution in [2.75, 3.05) is 18.0 Å². The molecule has 1 amide bonds. The standard InChI is InChI=1S/C30H29F5N6O/c1-18-14-40(7-6-29(18,31)32)15-19-8-23-24(25(9-19)30(33,34)35)16-41(26(23)42)22-5-3-4-21(10-22)28(11-20(12-28)13-36)27-38-37-17-39(27)2/h3-5,8-10,17-18,20H,6-7,11-12,14-16H2,1-2H3. The highest BCUT2D eigenvalue weighted by Gasteiger charge is 2.50. The Morgan fingerprint density at radius 1 is 1.17 bits per heavy atom. The number of hydrogen-bond acceptors (Lipinski definition) is 5. The number of likely N-dealkylation sites (tertiary alicyclic amines) is 1. The van der Waals surface area contributed by atoms with Crippen molar-refractivity contribution < 1.29 is 26.7 Å². The Kier molecular flexibility index (Phi) is 6.64. The summed E-state index contributed by atoms with van der Waals surface area (Å²) in [6, 6.07) is 11.9. The van der Waals surface area contributed by atoms with Crippen LogP contribution in [-0.4, -0.2) is 44.6 Å². The summed E-state index contributed by atoms with van der Waals surface area (Å²) in [4.78, 5) is 16.7. The molecule has 220 valence electrons. The molecule has 6 rings (SSSR count). The van der Waals surface area contributed by atoms with Crippen molar-refractivity contribution in [3.63, 3.8) is 0 Å². The summed E-state index contributed by atoms with van der Waals surface area (Å²) in [7, 11) is 1.81. The first-order chi connectivity index (χ1) is 19.8. The summed E-state index contributed by atoms with van der Waals surface area (Å²) in [6.07, 6.45) is -2.46. The molecule has 2 fully saturated rings. The number of amides is 1.